The minimum Gasteiger partial charge on any atom is -0.486 e. The van der Waals surface area contributed by atoms with E-state index in [0.29, 0.717) is 13.2 Å². The number of aromatic nitrogens is 3. The third-order valence-corrected chi connectivity index (χ3v) is 4.36. The van der Waals surface area contributed by atoms with E-state index in [1.165, 1.54) is 5.56 Å². The molecule has 0 saturated heterocycles. The van der Waals surface area contributed by atoms with E-state index in [2.05, 4.69) is 10.3 Å². The molecule has 24 heavy (non-hydrogen) atoms. The van der Waals surface area contributed by atoms with Crippen LogP contribution in [0.2, 0.25) is 0 Å². The van der Waals surface area contributed by atoms with Gasteiger partial charge in [-0.05, 0) is 30.7 Å². The Hall–Kier alpha value is -3.02. The number of hydrogen-bond acceptors (Lipinski definition) is 5. The van der Waals surface area contributed by atoms with Crippen molar-refractivity contribution in [3.05, 3.63) is 48.3 Å². The smallest absolute Gasteiger partial charge is 0.163 e. The summed E-state index contributed by atoms with van der Waals surface area (Å²) in [5, 5.41) is 8.28. The van der Waals surface area contributed by atoms with Crippen LogP contribution in [-0.2, 0) is 6.42 Å². The molecule has 0 amide bonds. The molecule has 0 radical (unpaired) electrons. The van der Waals surface area contributed by atoms with Crippen molar-refractivity contribution < 1.29 is 9.47 Å². The standard InChI is InChI=1S/C18H16N4O2/c1-2-12(11-19-6-1)17-14-5-7-20-18(14)22(21-17)13-3-4-15-16(10-13)24-9-8-23-15/h1-4,6,10-11,20H,5,7-9H2. The first-order valence-electron chi connectivity index (χ1n) is 8.06. The normalized spacial score (nSPS) is 15.0. The van der Waals surface area contributed by atoms with Gasteiger partial charge < -0.3 is 14.8 Å². The Bertz CT molecular complexity index is 905. The largest absolute Gasteiger partial charge is 0.486 e. The monoisotopic (exact) mass is 320 g/mol. The van der Waals surface area contributed by atoms with Gasteiger partial charge in [0.25, 0.3) is 0 Å². The highest BCUT2D eigenvalue weighted by Gasteiger charge is 2.24. The molecule has 0 atom stereocenters. The van der Waals surface area contributed by atoms with E-state index in [1.54, 1.807) is 6.20 Å². The Morgan fingerprint density at radius 2 is 2.00 bits per heavy atom. The topological polar surface area (TPSA) is 61.2 Å². The van der Waals surface area contributed by atoms with E-state index >= 15 is 0 Å². The van der Waals surface area contributed by atoms with Gasteiger partial charge in [0.05, 0.1) is 11.4 Å². The van der Waals surface area contributed by atoms with Gasteiger partial charge in [-0.25, -0.2) is 4.68 Å². The van der Waals surface area contributed by atoms with Crippen LogP contribution < -0.4 is 14.8 Å². The number of rotatable bonds is 2. The summed E-state index contributed by atoms with van der Waals surface area (Å²) in [6, 6.07) is 9.91. The second-order valence-corrected chi connectivity index (χ2v) is 5.83. The molecular weight excluding hydrogens is 304 g/mol. The van der Waals surface area contributed by atoms with Crippen LogP contribution in [0.3, 0.4) is 0 Å². The maximum absolute atomic E-state index is 5.70. The van der Waals surface area contributed by atoms with E-state index in [1.807, 2.05) is 41.2 Å². The van der Waals surface area contributed by atoms with Gasteiger partial charge in [-0.3, -0.25) is 4.98 Å². The summed E-state index contributed by atoms with van der Waals surface area (Å²) >= 11 is 0. The lowest BCUT2D eigenvalue weighted by molar-refractivity contribution is 0.171. The van der Waals surface area contributed by atoms with Crippen LogP contribution in [-0.4, -0.2) is 34.5 Å². The second kappa shape index (κ2) is 5.26. The lowest BCUT2D eigenvalue weighted by atomic mass is 10.1. The summed E-state index contributed by atoms with van der Waals surface area (Å²) in [5.41, 5.74) is 4.21. The third kappa shape index (κ3) is 2.03. The number of nitrogens with zero attached hydrogens (tertiary/aromatic N) is 3. The molecule has 2 aromatic heterocycles. The molecule has 0 unspecified atom stereocenters. The maximum Gasteiger partial charge on any atom is 0.163 e. The molecule has 1 aromatic carbocycles. The zero-order valence-electron chi connectivity index (χ0n) is 13.0. The van der Waals surface area contributed by atoms with Crippen molar-refractivity contribution in [1.29, 1.82) is 0 Å². The van der Waals surface area contributed by atoms with E-state index in [0.717, 1.165) is 47.2 Å². The Balaban J connectivity index is 1.65. The Morgan fingerprint density at radius 3 is 2.88 bits per heavy atom. The summed E-state index contributed by atoms with van der Waals surface area (Å²) in [5.74, 6) is 2.60. The van der Waals surface area contributed by atoms with Crippen molar-refractivity contribution in [1.82, 2.24) is 14.8 Å². The van der Waals surface area contributed by atoms with Crippen LogP contribution in [0.4, 0.5) is 5.82 Å². The SMILES string of the molecule is c1cncc(-c2nn(-c3ccc4c(c3)OCCO4)c3c2CCN3)c1. The fraction of sp³-hybridized carbons (Fsp3) is 0.222. The van der Waals surface area contributed by atoms with Crippen molar-refractivity contribution in [2.24, 2.45) is 0 Å². The van der Waals surface area contributed by atoms with Crippen molar-refractivity contribution in [2.75, 3.05) is 25.1 Å². The van der Waals surface area contributed by atoms with Crippen LogP contribution in [0, 0.1) is 0 Å². The molecule has 2 aliphatic rings. The zero-order chi connectivity index (χ0) is 15.9. The van der Waals surface area contributed by atoms with Crippen molar-refractivity contribution in [3.63, 3.8) is 0 Å². The van der Waals surface area contributed by atoms with Crippen LogP contribution >= 0.6 is 0 Å². The molecule has 0 fully saturated rings. The van der Waals surface area contributed by atoms with Crippen molar-refractivity contribution in [2.45, 2.75) is 6.42 Å². The van der Waals surface area contributed by atoms with Gasteiger partial charge in [0.2, 0.25) is 0 Å². The highest BCUT2D eigenvalue weighted by Crippen LogP contribution is 2.37. The van der Waals surface area contributed by atoms with Gasteiger partial charge in [0.1, 0.15) is 19.0 Å². The molecule has 3 aromatic rings. The first-order valence-corrected chi connectivity index (χ1v) is 8.06. The number of hydrogen-bond donors (Lipinski definition) is 1. The average molecular weight is 320 g/mol. The van der Waals surface area contributed by atoms with Crippen LogP contribution in [0.1, 0.15) is 5.56 Å². The fourth-order valence-electron chi connectivity index (χ4n) is 3.26. The van der Waals surface area contributed by atoms with Crippen molar-refractivity contribution in [3.8, 4) is 28.4 Å². The lowest BCUT2D eigenvalue weighted by Crippen LogP contribution is -2.15. The molecule has 0 saturated carbocycles. The van der Waals surface area contributed by atoms with Gasteiger partial charge in [-0.15, -0.1) is 0 Å². The molecule has 5 rings (SSSR count). The fourth-order valence-corrected chi connectivity index (χ4v) is 3.26. The van der Waals surface area contributed by atoms with E-state index in [-0.39, 0.29) is 0 Å². The van der Waals surface area contributed by atoms with Gasteiger partial charge in [-0.1, -0.05) is 0 Å². The molecule has 0 aliphatic carbocycles. The summed E-state index contributed by atoms with van der Waals surface area (Å²) in [6.45, 7) is 2.09. The first-order chi connectivity index (χ1) is 11.9. The number of ether oxygens (including phenoxy) is 2. The molecule has 120 valence electrons. The van der Waals surface area contributed by atoms with Gasteiger partial charge in [-0.2, -0.15) is 5.10 Å². The van der Waals surface area contributed by atoms with Gasteiger partial charge in [0.15, 0.2) is 11.5 Å². The van der Waals surface area contributed by atoms with E-state index in [4.69, 9.17) is 14.6 Å². The first kappa shape index (κ1) is 13.4. The minimum atomic E-state index is 0.576. The molecule has 4 heterocycles. The van der Waals surface area contributed by atoms with Crippen LogP contribution in [0.15, 0.2) is 42.7 Å². The van der Waals surface area contributed by atoms with Gasteiger partial charge >= 0.3 is 0 Å². The highest BCUT2D eigenvalue weighted by atomic mass is 16.6. The van der Waals surface area contributed by atoms with E-state index < -0.39 is 0 Å². The molecule has 6 nitrogen and oxygen atoms in total. The maximum atomic E-state index is 5.70. The number of pyridine rings is 1. The quantitative estimate of drug-likeness (QED) is 0.786. The summed E-state index contributed by atoms with van der Waals surface area (Å²) in [6.07, 6.45) is 4.60. The van der Waals surface area contributed by atoms with Crippen LogP contribution in [0.25, 0.3) is 16.9 Å². The number of benzene rings is 1. The number of fused-ring (bicyclic) bond motifs is 2. The Kier molecular flexibility index (Phi) is 2.94. The number of nitrogens with one attached hydrogen (secondary N) is 1. The Labute approximate surface area is 139 Å². The average Bonchev–Trinajstić information content (AvgIpc) is 3.24. The molecule has 0 spiro atoms. The predicted molar refractivity (Wildman–Crippen MR) is 90.0 cm³/mol. The molecule has 6 heteroatoms. The predicted octanol–water partition coefficient (Wildman–Crippen LogP) is 2.67. The third-order valence-electron chi connectivity index (χ3n) is 4.36. The lowest BCUT2D eigenvalue weighted by Gasteiger charge is -2.19. The summed E-state index contributed by atoms with van der Waals surface area (Å²) in [4.78, 5) is 4.22. The van der Waals surface area contributed by atoms with Gasteiger partial charge in [0, 0.05) is 36.1 Å². The molecule has 0 bridgehead atoms. The zero-order valence-corrected chi connectivity index (χ0v) is 13.0. The highest BCUT2D eigenvalue weighted by molar-refractivity contribution is 5.72. The molecule has 1 N–H and O–H groups in total. The van der Waals surface area contributed by atoms with E-state index in [9.17, 15) is 0 Å². The van der Waals surface area contributed by atoms with Crippen molar-refractivity contribution >= 4 is 5.82 Å². The summed E-state index contributed by atoms with van der Waals surface area (Å²) < 4.78 is 13.3. The molecular formula is C18H16N4O2. The Morgan fingerprint density at radius 1 is 1.08 bits per heavy atom. The number of anilines is 1. The minimum absolute atomic E-state index is 0.576. The summed E-state index contributed by atoms with van der Waals surface area (Å²) in [7, 11) is 0. The van der Waals surface area contributed by atoms with Crippen LogP contribution in [0.5, 0.6) is 11.5 Å². The second-order valence-electron chi connectivity index (χ2n) is 5.83. The molecule has 2 aliphatic heterocycles.